The van der Waals surface area contributed by atoms with Gasteiger partial charge in [-0.05, 0) is 35.2 Å². The smallest absolute Gasteiger partial charge is 0.338 e. The molecule has 0 unspecified atom stereocenters. The summed E-state index contributed by atoms with van der Waals surface area (Å²) in [6, 6.07) is 17.0. The van der Waals surface area contributed by atoms with Crippen molar-refractivity contribution in [2.24, 2.45) is 0 Å². The molecule has 0 aliphatic carbocycles. The number of benzene rings is 2. The van der Waals surface area contributed by atoms with Crippen LogP contribution in [0.3, 0.4) is 0 Å². The lowest BCUT2D eigenvalue weighted by Crippen LogP contribution is -2.50. The molecule has 1 aromatic heterocycles. The highest BCUT2D eigenvalue weighted by Gasteiger charge is 2.21. The number of para-hydroxylation sites is 1. The average molecular weight is 464 g/mol. The molecule has 180 valence electrons. The van der Waals surface area contributed by atoms with Gasteiger partial charge < -0.3 is 19.4 Å². The quantitative estimate of drug-likeness (QED) is 0.538. The van der Waals surface area contributed by atoms with Gasteiger partial charge in [0.25, 0.3) is 5.91 Å². The second-order valence-corrected chi connectivity index (χ2v) is 9.69. The SMILES string of the molecule is CC(C)(C)c1ccc(OCC(=O)N2CCN(CCNc3cc(=O)oc4ccccc34)CC2)cc1. The van der Waals surface area contributed by atoms with Gasteiger partial charge in [-0.15, -0.1) is 0 Å². The molecule has 4 rings (SSSR count). The minimum Gasteiger partial charge on any atom is -0.484 e. The van der Waals surface area contributed by atoms with E-state index in [1.165, 1.54) is 11.6 Å². The second kappa shape index (κ2) is 10.3. The maximum atomic E-state index is 12.6. The summed E-state index contributed by atoms with van der Waals surface area (Å²) in [5.74, 6) is 0.730. The van der Waals surface area contributed by atoms with E-state index in [9.17, 15) is 9.59 Å². The van der Waals surface area contributed by atoms with Gasteiger partial charge in [0.05, 0.1) is 5.69 Å². The van der Waals surface area contributed by atoms with E-state index >= 15 is 0 Å². The van der Waals surface area contributed by atoms with Crippen LogP contribution >= 0.6 is 0 Å². The largest absolute Gasteiger partial charge is 0.484 e. The van der Waals surface area contributed by atoms with Crippen molar-refractivity contribution in [3.63, 3.8) is 0 Å². The zero-order chi connectivity index (χ0) is 24.1. The van der Waals surface area contributed by atoms with Gasteiger partial charge in [0.2, 0.25) is 0 Å². The normalized spacial score (nSPS) is 14.9. The fourth-order valence-corrected chi connectivity index (χ4v) is 4.11. The number of amides is 1. The number of piperazine rings is 1. The van der Waals surface area contributed by atoms with Crippen LogP contribution in [0.5, 0.6) is 5.75 Å². The third-order valence-corrected chi connectivity index (χ3v) is 6.20. The molecule has 1 fully saturated rings. The molecular formula is C27H33N3O4. The number of ether oxygens (including phenoxy) is 1. The van der Waals surface area contributed by atoms with Crippen LogP contribution in [0.4, 0.5) is 5.69 Å². The summed E-state index contributed by atoms with van der Waals surface area (Å²) in [7, 11) is 0. The summed E-state index contributed by atoms with van der Waals surface area (Å²) in [5, 5.41) is 4.25. The van der Waals surface area contributed by atoms with Gasteiger partial charge in [-0.25, -0.2) is 4.79 Å². The van der Waals surface area contributed by atoms with E-state index in [1.807, 2.05) is 35.2 Å². The lowest BCUT2D eigenvalue weighted by molar-refractivity contribution is -0.135. The molecule has 7 nitrogen and oxygen atoms in total. The number of carbonyl (C=O) groups is 1. The van der Waals surface area contributed by atoms with E-state index < -0.39 is 0 Å². The maximum Gasteiger partial charge on any atom is 0.338 e. The lowest BCUT2D eigenvalue weighted by Gasteiger charge is -2.34. The molecule has 2 heterocycles. The Kier molecular flexibility index (Phi) is 7.22. The van der Waals surface area contributed by atoms with Crippen LogP contribution in [0.25, 0.3) is 11.0 Å². The average Bonchev–Trinajstić information content (AvgIpc) is 2.82. The van der Waals surface area contributed by atoms with Gasteiger partial charge >= 0.3 is 5.63 Å². The molecule has 0 spiro atoms. The predicted octanol–water partition coefficient (Wildman–Crippen LogP) is 3.73. The zero-order valence-electron chi connectivity index (χ0n) is 20.2. The van der Waals surface area contributed by atoms with Crippen molar-refractivity contribution >= 4 is 22.6 Å². The molecular weight excluding hydrogens is 430 g/mol. The minimum atomic E-state index is -0.360. The Balaban J connectivity index is 1.20. The molecule has 1 aliphatic rings. The Bertz CT molecular complexity index is 1170. The Morgan fingerprint density at radius 3 is 2.44 bits per heavy atom. The maximum absolute atomic E-state index is 12.6. The highest BCUT2D eigenvalue weighted by molar-refractivity contribution is 5.89. The van der Waals surface area contributed by atoms with E-state index in [-0.39, 0.29) is 23.6 Å². The Hall–Kier alpha value is -3.32. The number of nitrogens with one attached hydrogen (secondary N) is 1. The highest BCUT2D eigenvalue weighted by atomic mass is 16.5. The van der Waals surface area contributed by atoms with Crippen molar-refractivity contribution in [3.8, 4) is 5.75 Å². The minimum absolute atomic E-state index is 0.0140. The van der Waals surface area contributed by atoms with Crippen LogP contribution in [-0.2, 0) is 10.2 Å². The number of fused-ring (bicyclic) bond motifs is 1. The zero-order valence-corrected chi connectivity index (χ0v) is 20.2. The monoisotopic (exact) mass is 463 g/mol. The molecule has 0 bridgehead atoms. The summed E-state index contributed by atoms with van der Waals surface area (Å²) >= 11 is 0. The number of rotatable bonds is 7. The molecule has 1 saturated heterocycles. The first-order valence-corrected chi connectivity index (χ1v) is 11.8. The highest BCUT2D eigenvalue weighted by Crippen LogP contribution is 2.24. The molecule has 1 N–H and O–H groups in total. The topological polar surface area (TPSA) is 75.0 Å². The molecule has 7 heteroatoms. The van der Waals surface area contributed by atoms with Crippen molar-refractivity contribution < 1.29 is 13.9 Å². The van der Waals surface area contributed by atoms with Crippen LogP contribution in [0.1, 0.15) is 26.3 Å². The van der Waals surface area contributed by atoms with Crippen LogP contribution in [0, 0.1) is 0 Å². The third-order valence-electron chi connectivity index (χ3n) is 6.20. The Labute approximate surface area is 200 Å². The third kappa shape index (κ3) is 5.97. The lowest BCUT2D eigenvalue weighted by atomic mass is 9.87. The molecule has 1 amide bonds. The van der Waals surface area contributed by atoms with Crippen LogP contribution in [0.15, 0.2) is 63.8 Å². The summed E-state index contributed by atoms with van der Waals surface area (Å²) in [5.41, 5.74) is 2.33. The fourth-order valence-electron chi connectivity index (χ4n) is 4.11. The number of anilines is 1. The number of hydrogen-bond acceptors (Lipinski definition) is 6. The summed E-state index contributed by atoms with van der Waals surface area (Å²) in [6.45, 7) is 11.1. The van der Waals surface area contributed by atoms with E-state index in [1.54, 1.807) is 6.07 Å². The number of carbonyl (C=O) groups excluding carboxylic acids is 1. The van der Waals surface area contributed by atoms with Gasteiger partial charge in [0, 0.05) is 50.7 Å². The van der Waals surface area contributed by atoms with E-state index in [0.717, 1.165) is 30.7 Å². The predicted molar refractivity (Wildman–Crippen MR) is 135 cm³/mol. The van der Waals surface area contributed by atoms with Crippen LogP contribution < -0.4 is 15.7 Å². The molecule has 0 saturated carbocycles. The van der Waals surface area contributed by atoms with E-state index in [0.29, 0.717) is 31.0 Å². The Morgan fingerprint density at radius 2 is 1.74 bits per heavy atom. The van der Waals surface area contributed by atoms with Crippen LogP contribution in [-0.4, -0.2) is 61.6 Å². The second-order valence-electron chi connectivity index (χ2n) is 9.69. The molecule has 34 heavy (non-hydrogen) atoms. The van der Waals surface area contributed by atoms with Gasteiger partial charge in [0.15, 0.2) is 6.61 Å². The molecule has 0 radical (unpaired) electrons. The first-order valence-electron chi connectivity index (χ1n) is 11.8. The standard InChI is InChI=1S/C27H33N3O4/c1-27(2,3)20-8-10-21(11-9-20)33-19-25(31)30-16-14-29(15-17-30)13-12-28-23-18-26(32)34-24-7-5-4-6-22(23)24/h4-11,18,28H,12-17,19H2,1-3H3. The van der Waals surface area contributed by atoms with Crippen LogP contribution in [0.2, 0.25) is 0 Å². The van der Waals surface area contributed by atoms with Crippen molar-refractivity contribution in [2.75, 3.05) is 51.2 Å². The number of hydrogen-bond donors (Lipinski definition) is 1. The molecule has 0 atom stereocenters. The molecule has 3 aromatic rings. The summed E-state index contributed by atoms with van der Waals surface area (Å²) in [6.07, 6.45) is 0. The molecule has 1 aliphatic heterocycles. The van der Waals surface area contributed by atoms with Gasteiger partial charge in [-0.3, -0.25) is 9.69 Å². The Morgan fingerprint density at radius 1 is 1.03 bits per heavy atom. The summed E-state index contributed by atoms with van der Waals surface area (Å²) < 4.78 is 11.0. The van der Waals surface area contributed by atoms with Gasteiger partial charge in [-0.2, -0.15) is 0 Å². The number of nitrogens with zero attached hydrogens (tertiary/aromatic N) is 2. The summed E-state index contributed by atoms with van der Waals surface area (Å²) in [4.78, 5) is 28.6. The van der Waals surface area contributed by atoms with Gasteiger partial charge in [0.1, 0.15) is 11.3 Å². The fraction of sp³-hybridized carbons (Fsp3) is 0.407. The van der Waals surface area contributed by atoms with Crippen molar-refractivity contribution in [1.82, 2.24) is 9.80 Å². The van der Waals surface area contributed by atoms with Crippen molar-refractivity contribution in [1.29, 1.82) is 0 Å². The van der Waals surface area contributed by atoms with Crippen molar-refractivity contribution in [3.05, 3.63) is 70.6 Å². The van der Waals surface area contributed by atoms with E-state index in [2.05, 4.69) is 43.1 Å². The first kappa shape index (κ1) is 23.8. The molecule has 2 aromatic carbocycles. The first-order chi connectivity index (χ1) is 16.3. The van der Waals surface area contributed by atoms with Crippen molar-refractivity contribution in [2.45, 2.75) is 26.2 Å². The van der Waals surface area contributed by atoms with Gasteiger partial charge in [-0.1, -0.05) is 45.0 Å². The van der Waals surface area contributed by atoms with E-state index in [4.69, 9.17) is 9.15 Å².